The number of hydrogen-bond acceptors (Lipinski definition) is 0. The standard InChI is InChI=1S/C32H30Br2N4/c33-27-15-11-25(12-16-27)29-23-35-19-7-3-9-31(35)37(29)21-5-1-2-6-22-38-30(26-13-17-28(34)18-14-26)24-36-20-8-4-10-32(36)38/h3-4,7-20,23-24H,1-2,5-6,21-22H2/q+2. The minimum absolute atomic E-state index is 1.01. The van der Waals surface area contributed by atoms with Gasteiger partial charge in [-0.2, -0.15) is 0 Å². The number of hydrogen-bond donors (Lipinski definition) is 0. The molecule has 2 aromatic carbocycles. The van der Waals surface area contributed by atoms with Crippen LogP contribution in [0.25, 0.3) is 33.8 Å². The van der Waals surface area contributed by atoms with Crippen molar-refractivity contribution < 1.29 is 8.80 Å². The van der Waals surface area contributed by atoms with Crippen molar-refractivity contribution in [2.45, 2.75) is 38.8 Å². The van der Waals surface area contributed by atoms with E-state index in [2.05, 4.69) is 160 Å². The predicted octanol–water partition coefficient (Wildman–Crippen LogP) is 7.89. The fraction of sp³-hybridized carbons (Fsp3) is 0.188. The third kappa shape index (κ3) is 5.20. The molecular weight excluding hydrogens is 600 g/mol. The normalized spacial score (nSPS) is 11.5. The summed E-state index contributed by atoms with van der Waals surface area (Å²) in [7, 11) is 0. The van der Waals surface area contributed by atoms with Crippen LogP contribution in [0.1, 0.15) is 25.7 Å². The van der Waals surface area contributed by atoms with Crippen LogP contribution >= 0.6 is 31.9 Å². The van der Waals surface area contributed by atoms with Crippen molar-refractivity contribution in [3.05, 3.63) is 119 Å². The Morgan fingerprint density at radius 3 is 1.34 bits per heavy atom. The average Bonchev–Trinajstić information content (AvgIpc) is 3.50. The molecule has 0 aliphatic rings. The van der Waals surface area contributed by atoms with Gasteiger partial charge in [-0.25, -0.2) is 17.9 Å². The minimum atomic E-state index is 1.01. The zero-order valence-electron chi connectivity index (χ0n) is 21.2. The highest BCUT2D eigenvalue weighted by molar-refractivity contribution is 9.10. The van der Waals surface area contributed by atoms with Gasteiger partial charge in [0.05, 0.1) is 25.5 Å². The third-order valence-corrected chi connectivity index (χ3v) is 8.24. The molecule has 0 fully saturated rings. The van der Waals surface area contributed by atoms with Crippen molar-refractivity contribution in [1.82, 2.24) is 9.13 Å². The summed E-state index contributed by atoms with van der Waals surface area (Å²) in [6, 6.07) is 30.1. The lowest BCUT2D eigenvalue weighted by Crippen LogP contribution is -2.18. The van der Waals surface area contributed by atoms with E-state index in [4.69, 9.17) is 0 Å². The summed E-state index contributed by atoms with van der Waals surface area (Å²) in [6.07, 6.45) is 13.5. The summed E-state index contributed by atoms with van der Waals surface area (Å²) >= 11 is 7.14. The van der Waals surface area contributed by atoms with Crippen molar-refractivity contribution in [3.63, 3.8) is 0 Å². The van der Waals surface area contributed by atoms with Crippen LogP contribution in [0.15, 0.2) is 119 Å². The highest BCUT2D eigenvalue weighted by atomic mass is 79.9. The first kappa shape index (κ1) is 25.1. The van der Waals surface area contributed by atoms with Gasteiger partial charge in [0.25, 0.3) is 11.3 Å². The van der Waals surface area contributed by atoms with E-state index in [1.54, 1.807) is 0 Å². The van der Waals surface area contributed by atoms with Gasteiger partial charge >= 0.3 is 0 Å². The SMILES string of the molecule is Brc1ccc(-c2c[n+]3ccccc3n2CCCCCCn2c(-c3ccc(Br)cc3)c[n+]3ccccc23)cc1. The van der Waals surface area contributed by atoms with Gasteiger partial charge in [-0.3, -0.25) is 0 Å². The van der Waals surface area contributed by atoms with Crippen molar-refractivity contribution in [1.29, 1.82) is 0 Å². The van der Waals surface area contributed by atoms with Gasteiger partial charge in [-0.1, -0.05) is 44.0 Å². The molecule has 0 aliphatic carbocycles. The Balaban J connectivity index is 1.14. The van der Waals surface area contributed by atoms with Crippen molar-refractivity contribution in [2.75, 3.05) is 0 Å². The molecule has 0 bridgehead atoms. The number of halogens is 2. The summed E-state index contributed by atoms with van der Waals surface area (Å²) in [5, 5.41) is 0. The number of aryl methyl sites for hydroxylation is 2. The van der Waals surface area contributed by atoms with Crippen molar-refractivity contribution in [2.24, 2.45) is 0 Å². The topological polar surface area (TPSA) is 18.1 Å². The molecular formula is C32H30Br2N4+2. The van der Waals surface area contributed by atoms with E-state index >= 15 is 0 Å². The van der Waals surface area contributed by atoms with Crippen LogP contribution < -0.4 is 8.80 Å². The van der Waals surface area contributed by atoms with E-state index in [1.165, 1.54) is 46.7 Å². The largest absolute Gasteiger partial charge is 0.286 e. The molecule has 0 unspecified atom stereocenters. The molecule has 0 amide bonds. The van der Waals surface area contributed by atoms with E-state index in [9.17, 15) is 0 Å². The lowest BCUT2D eigenvalue weighted by molar-refractivity contribution is -0.510. The van der Waals surface area contributed by atoms with Gasteiger partial charge in [-0.05, 0) is 86.3 Å². The maximum Gasteiger partial charge on any atom is 0.286 e. The molecule has 38 heavy (non-hydrogen) atoms. The molecule has 0 atom stereocenters. The van der Waals surface area contributed by atoms with E-state index in [0.29, 0.717) is 0 Å². The van der Waals surface area contributed by atoms with Crippen LogP contribution in [0, 0.1) is 0 Å². The molecule has 0 radical (unpaired) electrons. The molecule has 4 nitrogen and oxygen atoms in total. The van der Waals surface area contributed by atoms with Crippen LogP contribution in [-0.2, 0) is 13.1 Å². The first-order valence-corrected chi connectivity index (χ1v) is 14.8. The minimum Gasteiger partial charge on any atom is -0.223 e. The van der Waals surface area contributed by atoms with Gasteiger partial charge < -0.3 is 0 Å². The lowest BCUT2D eigenvalue weighted by atomic mass is 10.1. The molecule has 6 rings (SSSR count). The average molecular weight is 630 g/mol. The van der Waals surface area contributed by atoms with Gasteiger partial charge in [0.2, 0.25) is 0 Å². The van der Waals surface area contributed by atoms with Gasteiger partial charge in [0, 0.05) is 32.2 Å². The van der Waals surface area contributed by atoms with E-state index < -0.39 is 0 Å². The monoisotopic (exact) mass is 628 g/mol. The Bertz CT molecular complexity index is 1550. The van der Waals surface area contributed by atoms with Crippen molar-refractivity contribution in [3.8, 4) is 22.5 Å². The summed E-state index contributed by atoms with van der Waals surface area (Å²) in [5.74, 6) is 0. The summed E-state index contributed by atoms with van der Waals surface area (Å²) in [6.45, 7) is 2.02. The molecule has 6 heteroatoms. The highest BCUT2D eigenvalue weighted by Gasteiger charge is 2.20. The number of unbranched alkanes of at least 4 members (excludes halogenated alkanes) is 3. The fourth-order valence-corrected chi connectivity index (χ4v) is 5.81. The number of aromatic nitrogens is 4. The second-order valence-corrected chi connectivity index (χ2v) is 11.5. The van der Waals surface area contributed by atoms with Gasteiger partial charge in [0.1, 0.15) is 12.4 Å². The van der Waals surface area contributed by atoms with Crippen LogP contribution in [0.3, 0.4) is 0 Å². The van der Waals surface area contributed by atoms with Crippen LogP contribution in [0.4, 0.5) is 0 Å². The molecule has 6 aromatic rings. The Hall–Kier alpha value is -3.22. The van der Waals surface area contributed by atoms with E-state index in [0.717, 1.165) is 34.9 Å². The zero-order chi connectivity index (χ0) is 25.9. The first-order chi connectivity index (χ1) is 18.7. The molecule has 0 saturated carbocycles. The maximum atomic E-state index is 3.57. The number of fused-ring (bicyclic) bond motifs is 2. The number of nitrogens with zero attached hydrogens (tertiary/aromatic N) is 4. The predicted molar refractivity (Wildman–Crippen MR) is 160 cm³/mol. The lowest BCUT2D eigenvalue weighted by Gasteiger charge is -2.05. The number of benzene rings is 2. The molecule has 190 valence electrons. The number of imidazole rings is 2. The molecule has 0 saturated heterocycles. The van der Waals surface area contributed by atoms with Crippen LogP contribution in [0.5, 0.6) is 0 Å². The molecule has 0 aliphatic heterocycles. The number of rotatable bonds is 9. The van der Waals surface area contributed by atoms with Gasteiger partial charge in [-0.15, -0.1) is 0 Å². The summed E-state index contributed by atoms with van der Waals surface area (Å²) in [5.41, 5.74) is 7.49. The molecule has 4 heterocycles. The van der Waals surface area contributed by atoms with E-state index in [1.807, 2.05) is 0 Å². The summed E-state index contributed by atoms with van der Waals surface area (Å²) in [4.78, 5) is 0. The Morgan fingerprint density at radius 1 is 0.500 bits per heavy atom. The molecule has 0 spiro atoms. The third-order valence-electron chi connectivity index (χ3n) is 7.19. The van der Waals surface area contributed by atoms with Crippen LogP contribution in [0.2, 0.25) is 0 Å². The number of pyridine rings is 2. The Kier molecular flexibility index (Phi) is 7.43. The maximum absolute atomic E-state index is 3.57. The van der Waals surface area contributed by atoms with E-state index in [-0.39, 0.29) is 0 Å². The Labute approximate surface area is 240 Å². The molecule has 4 aromatic heterocycles. The smallest absolute Gasteiger partial charge is 0.223 e. The second kappa shape index (κ2) is 11.3. The first-order valence-electron chi connectivity index (χ1n) is 13.2. The zero-order valence-corrected chi connectivity index (χ0v) is 24.4. The van der Waals surface area contributed by atoms with Crippen molar-refractivity contribution >= 4 is 43.2 Å². The Morgan fingerprint density at radius 2 is 0.921 bits per heavy atom. The second-order valence-electron chi connectivity index (χ2n) is 9.69. The quantitative estimate of drug-likeness (QED) is 0.114. The van der Waals surface area contributed by atoms with Crippen LogP contribution in [-0.4, -0.2) is 9.13 Å². The summed E-state index contributed by atoms with van der Waals surface area (Å²) < 4.78 is 11.6. The fourth-order valence-electron chi connectivity index (χ4n) is 5.29. The highest BCUT2D eigenvalue weighted by Crippen LogP contribution is 2.25. The molecule has 0 N–H and O–H groups in total. The van der Waals surface area contributed by atoms with Gasteiger partial charge in [0.15, 0.2) is 11.4 Å².